The van der Waals surface area contributed by atoms with Crippen LogP contribution in [0.15, 0.2) is 66.0 Å². The van der Waals surface area contributed by atoms with E-state index in [0.29, 0.717) is 0 Å². The minimum absolute atomic E-state index is 0.144. The molecule has 0 saturated carbocycles. The van der Waals surface area contributed by atoms with Gasteiger partial charge in [-0.05, 0) is 30.4 Å². The molecule has 1 aliphatic rings. The van der Waals surface area contributed by atoms with Gasteiger partial charge in [-0.1, -0.05) is 66.7 Å². The lowest BCUT2D eigenvalue weighted by molar-refractivity contribution is -0.425. The van der Waals surface area contributed by atoms with Gasteiger partial charge in [0, 0.05) is 19.4 Å². The normalized spacial score (nSPS) is 14.7. The SMILES string of the molecule is CC(C)=[N+](B1C(c2ccccc2)=C(c2c(F)c(F)c(F)c(F)c2F)[B-](c2c(F)c(F)c(F)c(F)c2F)(c2c(F)c(F)c(F)c(F)c2F)/C1=C/c1ccccc1)C(C)C. The standard InChI is InChI=1S/C40H24B2F15N/c1-16(2)58(17(3)4)41-20(15-18-11-7-5-8-12-18)42(24-28(45)34(51)39(56)35(52)29(24)46,25-30(47)36(53)40(57)37(54)31(25)48)23(22(41)19-13-9-6-10-14-19)21-26(43)32(49)38(55)33(50)27(21)44/h5-16H,1-4H3/b20-15+. The maximum atomic E-state index is 16.9. The molecule has 0 aromatic heterocycles. The number of halogens is 15. The highest BCUT2D eigenvalue weighted by Crippen LogP contribution is 2.52. The second-order valence-electron chi connectivity index (χ2n) is 13.9. The highest BCUT2D eigenvalue weighted by molar-refractivity contribution is 7.32. The van der Waals surface area contributed by atoms with Crippen molar-refractivity contribution in [3.8, 4) is 0 Å². The summed E-state index contributed by atoms with van der Waals surface area (Å²) in [6.07, 6.45) is -4.80. The molecule has 0 aliphatic carbocycles. The molecule has 300 valence electrons. The molecule has 0 fully saturated rings. The minimum Gasteiger partial charge on any atom is -0.315 e. The zero-order valence-electron chi connectivity index (χ0n) is 30.2. The van der Waals surface area contributed by atoms with Gasteiger partial charge in [0.15, 0.2) is 58.2 Å². The first-order valence-electron chi connectivity index (χ1n) is 17.1. The molecule has 1 aliphatic heterocycles. The Kier molecular flexibility index (Phi) is 11.0. The molecule has 0 bridgehead atoms. The van der Waals surface area contributed by atoms with E-state index in [0.717, 1.165) is 18.2 Å². The summed E-state index contributed by atoms with van der Waals surface area (Å²) in [5.41, 5.74) is -10.1. The fraction of sp³-hybridized carbons (Fsp3) is 0.125. The Labute approximate surface area is 320 Å². The zero-order chi connectivity index (χ0) is 42.9. The van der Waals surface area contributed by atoms with Crippen molar-refractivity contribution in [3.05, 3.63) is 170 Å². The molecule has 0 spiro atoms. The zero-order valence-corrected chi connectivity index (χ0v) is 30.2. The maximum Gasteiger partial charge on any atom is 0.508 e. The van der Waals surface area contributed by atoms with Gasteiger partial charge in [-0.15, -0.1) is 10.9 Å². The Bertz CT molecular complexity index is 2460. The lowest BCUT2D eigenvalue weighted by Crippen LogP contribution is -2.67. The number of nitrogens with zero attached hydrogens (tertiary/aromatic N) is 1. The Hall–Kier alpha value is -5.67. The Morgan fingerprint density at radius 3 is 1.21 bits per heavy atom. The van der Waals surface area contributed by atoms with Crippen LogP contribution in [0.2, 0.25) is 0 Å². The smallest absolute Gasteiger partial charge is 0.315 e. The van der Waals surface area contributed by atoms with Crippen LogP contribution in [-0.4, -0.2) is 29.2 Å². The summed E-state index contributed by atoms with van der Waals surface area (Å²) < 4.78 is 240. The molecule has 0 N–H and O–H groups in total. The molecule has 0 saturated heterocycles. The number of benzene rings is 5. The molecule has 1 heterocycles. The lowest BCUT2D eigenvalue weighted by Gasteiger charge is -2.44. The average molecular weight is 825 g/mol. The van der Waals surface area contributed by atoms with Crippen LogP contribution < -0.4 is 10.9 Å². The molecule has 0 radical (unpaired) electrons. The van der Waals surface area contributed by atoms with Gasteiger partial charge in [0.05, 0.1) is 0 Å². The second-order valence-corrected chi connectivity index (χ2v) is 13.9. The molecule has 0 atom stereocenters. The predicted molar refractivity (Wildman–Crippen MR) is 189 cm³/mol. The van der Waals surface area contributed by atoms with Crippen LogP contribution in [0.25, 0.3) is 17.0 Å². The van der Waals surface area contributed by atoms with Crippen LogP contribution in [0, 0.1) is 87.3 Å². The van der Waals surface area contributed by atoms with E-state index in [-0.39, 0.29) is 16.8 Å². The molecule has 6 rings (SSSR count). The summed E-state index contributed by atoms with van der Waals surface area (Å²) in [7, 11) is 0. The first-order chi connectivity index (χ1) is 27.2. The topological polar surface area (TPSA) is 3.01 Å². The lowest BCUT2D eigenvalue weighted by atomic mass is 9.09. The van der Waals surface area contributed by atoms with E-state index < -0.39 is 139 Å². The maximum absolute atomic E-state index is 16.9. The van der Waals surface area contributed by atoms with E-state index in [2.05, 4.69) is 0 Å². The molecule has 0 unspecified atom stereocenters. The van der Waals surface area contributed by atoms with Crippen molar-refractivity contribution in [2.75, 3.05) is 0 Å². The van der Waals surface area contributed by atoms with E-state index >= 15 is 52.7 Å². The van der Waals surface area contributed by atoms with Crippen LogP contribution in [0.1, 0.15) is 44.4 Å². The average Bonchev–Trinajstić information content (AvgIpc) is 3.45. The largest absolute Gasteiger partial charge is 0.508 e. The van der Waals surface area contributed by atoms with E-state index in [4.69, 9.17) is 0 Å². The highest BCUT2D eigenvalue weighted by atomic mass is 19.2. The fourth-order valence-corrected chi connectivity index (χ4v) is 8.16. The number of hydrogen-bond acceptors (Lipinski definition) is 0. The second kappa shape index (κ2) is 15.3. The van der Waals surface area contributed by atoms with E-state index in [1.807, 2.05) is 0 Å². The van der Waals surface area contributed by atoms with Crippen molar-refractivity contribution < 1.29 is 70.3 Å². The minimum atomic E-state index is -5.59. The molecule has 58 heavy (non-hydrogen) atoms. The number of hydrogen-bond donors (Lipinski definition) is 0. The van der Waals surface area contributed by atoms with E-state index in [1.54, 1.807) is 0 Å². The van der Waals surface area contributed by atoms with Gasteiger partial charge in [0.25, 0.3) is 0 Å². The van der Waals surface area contributed by atoms with E-state index in [9.17, 15) is 13.2 Å². The monoisotopic (exact) mass is 825 g/mol. The Morgan fingerprint density at radius 2 is 0.845 bits per heavy atom. The third kappa shape index (κ3) is 6.05. The Morgan fingerprint density at radius 1 is 0.500 bits per heavy atom. The Balaban J connectivity index is 2.18. The summed E-state index contributed by atoms with van der Waals surface area (Å²) >= 11 is 0. The summed E-state index contributed by atoms with van der Waals surface area (Å²) in [6.45, 7) is 3.59. The van der Waals surface area contributed by atoms with Crippen molar-refractivity contribution in [2.24, 2.45) is 0 Å². The molecule has 5 aromatic rings. The van der Waals surface area contributed by atoms with Crippen molar-refractivity contribution in [1.82, 2.24) is 0 Å². The highest BCUT2D eigenvalue weighted by Gasteiger charge is 2.61. The van der Waals surface area contributed by atoms with Gasteiger partial charge in [-0.2, -0.15) is 10.8 Å². The van der Waals surface area contributed by atoms with Gasteiger partial charge in [-0.3, -0.25) is 0 Å². The summed E-state index contributed by atoms with van der Waals surface area (Å²) in [5.74, 6) is -43.3. The van der Waals surface area contributed by atoms with Crippen LogP contribution in [-0.2, 0) is 0 Å². The van der Waals surface area contributed by atoms with Crippen molar-refractivity contribution in [1.29, 1.82) is 0 Å². The third-order valence-electron chi connectivity index (χ3n) is 10.2. The molecular weight excluding hydrogens is 801 g/mol. The predicted octanol–water partition coefficient (Wildman–Crippen LogP) is 10.1. The van der Waals surface area contributed by atoms with Gasteiger partial charge in [0.2, 0.25) is 5.82 Å². The van der Waals surface area contributed by atoms with Gasteiger partial charge in [-0.25, -0.2) is 65.9 Å². The number of rotatable bonds is 7. The quantitative estimate of drug-likeness (QED) is 0.0506. The molecule has 0 amide bonds. The van der Waals surface area contributed by atoms with Crippen LogP contribution >= 0.6 is 0 Å². The van der Waals surface area contributed by atoms with E-state index in [1.165, 1.54) is 80.7 Å². The van der Waals surface area contributed by atoms with Crippen LogP contribution in [0.3, 0.4) is 0 Å². The fourth-order valence-electron chi connectivity index (χ4n) is 8.16. The summed E-state index contributed by atoms with van der Waals surface area (Å²) in [6, 6.07) is 11.5. The van der Waals surface area contributed by atoms with Crippen molar-refractivity contribution in [3.63, 3.8) is 0 Å². The molecular formula is C40H24B2F15N. The summed E-state index contributed by atoms with van der Waals surface area (Å²) in [5, 5.41) is -1.05. The summed E-state index contributed by atoms with van der Waals surface area (Å²) in [4.78, 5) is 0. The van der Waals surface area contributed by atoms with Gasteiger partial charge < -0.3 is 4.49 Å². The first-order valence-corrected chi connectivity index (χ1v) is 17.1. The van der Waals surface area contributed by atoms with Crippen molar-refractivity contribution >= 4 is 46.7 Å². The van der Waals surface area contributed by atoms with Crippen LogP contribution in [0.4, 0.5) is 65.9 Å². The van der Waals surface area contributed by atoms with Crippen molar-refractivity contribution in [2.45, 2.75) is 33.7 Å². The molecule has 5 aromatic carbocycles. The molecule has 18 heteroatoms. The third-order valence-corrected chi connectivity index (χ3v) is 10.2. The molecule has 1 nitrogen and oxygen atoms in total. The first kappa shape index (κ1) is 41.9. The van der Waals surface area contributed by atoms with Gasteiger partial charge >= 0.3 is 6.85 Å². The van der Waals surface area contributed by atoms with Crippen LogP contribution in [0.5, 0.6) is 0 Å². The van der Waals surface area contributed by atoms with Gasteiger partial charge in [0.1, 0.15) is 41.2 Å².